The van der Waals surface area contributed by atoms with E-state index in [4.69, 9.17) is 0 Å². The summed E-state index contributed by atoms with van der Waals surface area (Å²) in [5.41, 5.74) is 7.99. The van der Waals surface area contributed by atoms with Crippen molar-refractivity contribution in [3.05, 3.63) is 125 Å². The predicted molar refractivity (Wildman–Crippen MR) is 111 cm³/mol. The van der Waals surface area contributed by atoms with E-state index in [1.807, 2.05) is 0 Å². The normalized spacial score (nSPS) is 13.7. The molecule has 0 heteroatoms. The number of rotatable bonds is 4. The van der Waals surface area contributed by atoms with Gasteiger partial charge in [0.2, 0.25) is 0 Å². The van der Waals surface area contributed by atoms with Crippen LogP contribution in [0.4, 0.5) is 0 Å². The molecular weight excluding hydrogens is 312 g/mol. The van der Waals surface area contributed by atoms with E-state index in [2.05, 4.69) is 111 Å². The van der Waals surface area contributed by atoms with Crippen LogP contribution in [0.2, 0.25) is 0 Å². The van der Waals surface area contributed by atoms with Crippen LogP contribution in [0.1, 0.15) is 41.2 Å². The van der Waals surface area contributed by atoms with Gasteiger partial charge in [-0.05, 0) is 53.7 Å². The fraction of sp³-hybridized carbons (Fsp3) is 0.154. The van der Waals surface area contributed by atoms with Crippen molar-refractivity contribution in [1.29, 1.82) is 0 Å². The molecule has 0 aliphatic heterocycles. The van der Waals surface area contributed by atoms with Crippen LogP contribution in [0.25, 0.3) is 5.57 Å². The Morgan fingerprint density at radius 2 is 1.35 bits per heavy atom. The molecule has 0 heterocycles. The van der Waals surface area contributed by atoms with Crippen molar-refractivity contribution in [2.75, 3.05) is 0 Å². The lowest BCUT2D eigenvalue weighted by atomic mass is 9.69. The Hall–Kier alpha value is -2.86. The van der Waals surface area contributed by atoms with Gasteiger partial charge in [-0.2, -0.15) is 0 Å². The standard InChI is InChI=1S/C26H24/c1-20-24(21-12-9-10-13-21)18-11-19-25(20)26(2,22-14-5-3-6-15-22)23-16-7-4-8-17-23/h3-12,14-19H,13H2,1-2H3. The van der Waals surface area contributed by atoms with Gasteiger partial charge in [0, 0.05) is 5.41 Å². The first-order chi connectivity index (χ1) is 12.7. The molecule has 3 aromatic rings. The zero-order valence-electron chi connectivity index (χ0n) is 15.4. The number of hydrogen-bond acceptors (Lipinski definition) is 0. The third-order valence-electron chi connectivity index (χ3n) is 5.69. The van der Waals surface area contributed by atoms with E-state index in [-0.39, 0.29) is 5.41 Å². The molecule has 128 valence electrons. The quantitative estimate of drug-likeness (QED) is 0.465. The predicted octanol–water partition coefficient (Wildman–Crippen LogP) is 6.69. The van der Waals surface area contributed by atoms with E-state index in [1.54, 1.807) is 0 Å². The molecule has 0 unspecified atom stereocenters. The first kappa shape index (κ1) is 16.6. The van der Waals surface area contributed by atoms with Crippen LogP contribution in [-0.2, 0) is 5.41 Å². The van der Waals surface area contributed by atoms with Gasteiger partial charge in [-0.25, -0.2) is 0 Å². The fourth-order valence-electron chi connectivity index (χ4n) is 4.19. The average molecular weight is 336 g/mol. The molecule has 1 aliphatic carbocycles. The van der Waals surface area contributed by atoms with Crippen LogP contribution in [-0.4, -0.2) is 0 Å². The van der Waals surface area contributed by atoms with Crippen LogP contribution in [0.15, 0.2) is 97.1 Å². The minimum Gasteiger partial charge on any atom is -0.0801 e. The summed E-state index contributed by atoms with van der Waals surface area (Å²) in [7, 11) is 0. The second-order valence-electron chi connectivity index (χ2n) is 7.16. The molecule has 0 aromatic heterocycles. The summed E-state index contributed by atoms with van der Waals surface area (Å²) in [5, 5.41) is 0. The number of hydrogen-bond donors (Lipinski definition) is 0. The molecule has 0 nitrogen and oxygen atoms in total. The molecule has 0 atom stereocenters. The Labute approximate surface area is 156 Å². The summed E-state index contributed by atoms with van der Waals surface area (Å²) < 4.78 is 0. The molecule has 0 spiro atoms. The van der Waals surface area contributed by atoms with Gasteiger partial charge in [0.25, 0.3) is 0 Å². The monoisotopic (exact) mass is 336 g/mol. The molecule has 0 saturated carbocycles. The van der Waals surface area contributed by atoms with Crippen LogP contribution in [0.3, 0.4) is 0 Å². The lowest BCUT2D eigenvalue weighted by Gasteiger charge is -2.34. The second-order valence-corrected chi connectivity index (χ2v) is 7.16. The SMILES string of the molecule is Cc1c(C2=CC=CC2)cccc1C(C)(c1ccccc1)c1ccccc1. The van der Waals surface area contributed by atoms with Crippen molar-refractivity contribution in [2.45, 2.75) is 25.7 Å². The van der Waals surface area contributed by atoms with Crippen molar-refractivity contribution < 1.29 is 0 Å². The fourth-order valence-corrected chi connectivity index (χ4v) is 4.19. The van der Waals surface area contributed by atoms with Crippen LogP contribution in [0, 0.1) is 6.92 Å². The topological polar surface area (TPSA) is 0 Å². The molecule has 0 amide bonds. The van der Waals surface area contributed by atoms with Crippen LogP contribution < -0.4 is 0 Å². The van der Waals surface area contributed by atoms with Gasteiger partial charge >= 0.3 is 0 Å². The summed E-state index contributed by atoms with van der Waals surface area (Å²) in [6.45, 7) is 4.62. The first-order valence-corrected chi connectivity index (χ1v) is 9.28. The Kier molecular flexibility index (Phi) is 4.34. The molecule has 1 aliphatic rings. The van der Waals surface area contributed by atoms with Crippen molar-refractivity contribution in [2.24, 2.45) is 0 Å². The number of benzene rings is 3. The minimum absolute atomic E-state index is 0.185. The first-order valence-electron chi connectivity index (χ1n) is 9.28. The Morgan fingerprint density at radius 1 is 0.731 bits per heavy atom. The van der Waals surface area contributed by atoms with Gasteiger partial charge in [0.05, 0.1) is 0 Å². The Morgan fingerprint density at radius 3 is 1.88 bits per heavy atom. The Balaban J connectivity index is 1.95. The summed E-state index contributed by atoms with van der Waals surface area (Å²) in [6.07, 6.45) is 7.66. The zero-order valence-corrected chi connectivity index (χ0v) is 15.4. The van der Waals surface area contributed by atoms with Crippen molar-refractivity contribution in [3.63, 3.8) is 0 Å². The van der Waals surface area contributed by atoms with Gasteiger partial charge in [0.1, 0.15) is 0 Å². The zero-order chi connectivity index (χ0) is 18.0. The highest BCUT2D eigenvalue weighted by atomic mass is 14.3. The molecule has 3 aromatic carbocycles. The molecule has 0 fully saturated rings. The molecule has 26 heavy (non-hydrogen) atoms. The van der Waals surface area contributed by atoms with Gasteiger partial charge in [-0.1, -0.05) is 97.1 Å². The Bertz CT molecular complexity index is 920. The third-order valence-corrected chi connectivity index (χ3v) is 5.69. The second kappa shape index (κ2) is 6.80. The molecule has 4 rings (SSSR count). The van der Waals surface area contributed by atoms with E-state index < -0.39 is 0 Å². The highest BCUT2D eigenvalue weighted by molar-refractivity contribution is 5.74. The van der Waals surface area contributed by atoms with E-state index in [1.165, 1.54) is 33.4 Å². The van der Waals surface area contributed by atoms with Crippen molar-refractivity contribution in [3.8, 4) is 0 Å². The largest absolute Gasteiger partial charge is 0.0801 e. The minimum atomic E-state index is -0.185. The maximum Gasteiger partial charge on any atom is 0.0426 e. The van der Waals surface area contributed by atoms with Crippen LogP contribution in [0.5, 0.6) is 0 Å². The molecular formula is C26H24. The lowest BCUT2D eigenvalue weighted by Crippen LogP contribution is -2.26. The summed E-state index contributed by atoms with van der Waals surface area (Å²) in [4.78, 5) is 0. The van der Waals surface area contributed by atoms with E-state index in [9.17, 15) is 0 Å². The highest BCUT2D eigenvalue weighted by Crippen LogP contribution is 2.42. The highest BCUT2D eigenvalue weighted by Gasteiger charge is 2.32. The summed E-state index contributed by atoms with van der Waals surface area (Å²) in [6, 6.07) is 28.5. The maximum atomic E-state index is 2.35. The van der Waals surface area contributed by atoms with E-state index >= 15 is 0 Å². The summed E-state index contributed by atoms with van der Waals surface area (Å²) >= 11 is 0. The lowest BCUT2D eigenvalue weighted by molar-refractivity contribution is 0.686. The molecule has 0 radical (unpaired) electrons. The average Bonchev–Trinajstić information content (AvgIpc) is 3.23. The molecule has 0 bridgehead atoms. The summed E-state index contributed by atoms with van der Waals surface area (Å²) in [5.74, 6) is 0. The third kappa shape index (κ3) is 2.72. The van der Waals surface area contributed by atoms with Crippen LogP contribution >= 0.6 is 0 Å². The molecule has 0 saturated heterocycles. The van der Waals surface area contributed by atoms with Crippen molar-refractivity contribution >= 4 is 5.57 Å². The van der Waals surface area contributed by atoms with E-state index in [0.717, 1.165) is 6.42 Å². The smallest absolute Gasteiger partial charge is 0.0426 e. The number of allylic oxidation sites excluding steroid dienone is 4. The maximum absolute atomic E-state index is 2.35. The molecule has 0 N–H and O–H groups in total. The van der Waals surface area contributed by atoms with Gasteiger partial charge < -0.3 is 0 Å². The van der Waals surface area contributed by atoms with Gasteiger partial charge in [-0.3, -0.25) is 0 Å². The van der Waals surface area contributed by atoms with Crippen molar-refractivity contribution in [1.82, 2.24) is 0 Å². The van der Waals surface area contributed by atoms with E-state index in [0.29, 0.717) is 0 Å². The van der Waals surface area contributed by atoms with Gasteiger partial charge in [-0.15, -0.1) is 0 Å². The van der Waals surface area contributed by atoms with Gasteiger partial charge in [0.15, 0.2) is 0 Å².